The van der Waals surface area contributed by atoms with Crippen molar-refractivity contribution in [3.8, 4) is 0 Å². The van der Waals surface area contributed by atoms with E-state index in [-0.39, 0.29) is 16.2 Å². The smallest absolute Gasteiger partial charge is 0.150 e. The predicted octanol–water partition coefficient (Wildman–Crippen LogP) is 4.17. The van der Waals surface area contributed by atoms with Crippen LogP contribution in [0, 0.1) is 0 Å². The first-order valence-electron chi connectivity index (χ1n) is 6.17. The summed E-state index contributed by atoms with van der Waals surface area (Å²) >= 11 is 18.3. The first kappa shape index (κ1) is 16.1. The highest BCUT2D eigenvalue weighted by atomic mass is 35.5. The minimum Gasteiger partial charge on any atom is -0.383 e. The molecule has 1 heterocycles. The van der Waals surface area contributed by atoms with Crippen molar-refractivity contribution in [1.29, 1.82) is 0 Å². The molecule has 2 rings (SSSR count). The first-order chi connectivity index (χ1) is 9.93. The minimum absolute atomic E-state index is 0.107. The third-order valence-corrected chi connectivity index (χ3v) is 3.84. The van der Waals surface area contributed by atoms with Gasteiger partial charge in [0.2, 0.25) is 0 Å². The molecule has 0 aromatic heterocycles. The van der Waals surface area contributed by atoms with E-state index < -0.39 is 0 Å². The minimum atomic E-state index is -0.388. The largest absolute Gasteiger partial charge is 0.383 e. The summed E-state index contributed by atoms with van der Waals surface area (Å²) in [5, 5.41) is 0.955. The molecule has 3 nitrogen and oxygen atoms in total. The zero-order chi connectivity index (χ0) is 15.6. The second kappa shape index (κ2) is 6.65. The number of hydrogen-bond acceptors (Lipinski definition) is 3. The maximum Gasteiger partial charge on any atom is 0.150 e. The Bertz CT molecular complexity index is 663. The molecule has 0 saturated carbocycles. The fourth-order valence-corrected chi connectivity index (χ4v) is 2.91. The third-order valence-electron chi connectivity index (χ3n) is 3.00. The van der Waals surface area contributed by atoms with E-state index in [1.807, 2.05) is 37.3 Å². The molecule has 0 N–H and O–H groups in total. The van der Waals surface area contributed by atoms with Gasteiger partial charge in [0.15, 0.2) is 0 Å². The molecule has 1 aliphatic rings. The van der Waals surface area contributed by atoms with E-state index in [4.69, 9.17) is 34.8 Å². The van der Waals surface area contributed by atoms with E-state index >= 15 is 0 Å². The molecule has 1 aromatic rings. The Kier molecular flexibility index (Phi) is 5.09. The fourth-order valence-electron chi connectivity index (χ4n) is 2.19. The SMILES string of the molecule is CN(C)/C=C1\C(Cl)=NC(Cl)=C(C=O)C1c1cccc(Cl)c1. The normalized spacial score (nSPS) is 20.5. The monoisotopic (exact) mass is 342 g/mol. The molecule has 0 aliphatic carbocycles. The second-order valence-electron chi connectivity index (χ2n) is 4.80. The third kappa shape index (κ3) is 3.49. The quantitative estimate of drug-likeness (QED) is 0.609. The summed E-state index contributed by atoms with van der Waals surface area (Å²) < 4.78 is 0. The highest BCUT2D eigenvalue weighted by Crippen LogP contribution is 2.40. The molecule has 6 heteroatoms. The van der Waals surface area contributed by atoms with Crippen molar-refractivity contribution in [2.24, 2.45) is 4.99 Å². The first-order valence-corrected chi connectivity index (χ1v) is 7.30. The van der Waals surface area contributed by atoms with Gasteiger partial charge in [0, 0.05) is 42.4 Å². The number of aliphatic imine (C=N–C) groups is 1. The van der Waals surface area contributed by atoms with Crippen molar-refractivity contribution in [3.63, 3.8) is 0 Å². The Morgan fingerprint density at radius 3 is 2.52 bits per heavy atom. The average Bonchev–Trinajstić information content (AvgIpc) is 2.41. The van der Waals surface area contributed by atoms with Gasteiger partial charge in [-0.05, 0) is 17.7 Å². The molecular weight excluding hydrogens is 331 g/mol. The number of benzene rings is 1. The highest BCUT2D eigenvalue weighted by molar-refractivity contribution is 6.70. The van der Waals surface area contributed by atoms with Crippen molar-refractivity contribution < 1.29 is 4.79 Å². The number of hydrogen-bond donors (Lipinski definition) is 0. The number of rotatable bonds is 3. The van der Waals surface area contributed by atoms with Crippen molar-refractivity contribution in [2.75, 3.05) is 14.1 Å². The Balaban J connectivity index is 2.65. The zero-order valence-corrected chi connectivity index (χ0v) is 13.7. The summed E-state index contributed by atoms with van der Waals surface area (Å²) in [6.07, 6.45) is 2.54. The number of carbonyl (C=O) groups excluding carboxylic acids is 1. The summed E-state index contributed by atoms with van der Waals surface area (Å²) in [6, 6.07) is 7.26. The molecule has 1 aromatic carbocycles. The summed E-state index contributed by atoms with van der Waals surface area (Å²) in [6.45, 7) is 0. The Hall–Kier alpha value is -1.29. The number of halogens is 3. The number of carbonyl (C=O) groups is 1. The Morgan fingerprint density at radius 2 is 1.95 bits per heavy atom. The van der Waals surface area contributed by atoms with Crippen molar-refractivity contribution in [1.82, 2.24) is 4.90 Å². The fraction of sp³-hybridized carbons (Fsp3) is 0.200. The van der Waals surface area contributed by atoms with Crippen LogP contribution in [0.15, 0.2) is 51.8 Å². The second-order valence-corrected chi connectivity index (χ2v) is 5.96. The summed E-state index contributed by atoms with van der Waals surface area (Å²) in [5.41, 5.74) is 1.91. The van der Waals surface area contributed by atoms with Crippen LogP contribution in [-0.4, -0.2) is 30.5 Å². The zero-order valence-electron chi connectivity index (χ0n) is 11.5. The molecule has 110 valence electrons. The van der Waals surface area contributed by atoms with Gasteiger partial charge in [-0.3, -0.25) is 4.79 Å². The molecule has 0 radical (unpaired) electrons. The van der Waals surface area contributed by atoms with E-state index in [0.29, 0.717) is 22.5 Å². The van der Waals surface area contributed by atoms with E-state index in [2.05, 4.69) is 4.99 Å². The molecular formula is C15H13Cl3N2O. The van der Waals surface area contributed by atoms with Gasteiger partial charge in [0.25, 0.3) is 0 Å². The summed E-state index contributed by atoms with van der Waals surface area (Å²) in [7, 11) is 3.74. The van der Waals surface area contributed by atoms with Gasteiger partial charge in [-0.1, -0.05) is 46.9 Å². The average molecular weight is 344 g/mol. The highest BCUT2D eigenvalue weighted by Gasteiger charge is 2.30. The maximum absolute atomic E-state index is 11.4. The molecule has 1 aliphatic heterocycles. The van der Waals surface area contributed by atoms with Crippen molar-refractivity contribution >= 4 is 46.3 Å². The van der Waals surface area contributed by atoms with E-state index in [1.54, 1.807) is 12.1 Å². The summed E-state index contributed by atoms with van der Waals surface area (Å²) in [5.74, 6) is -0.388. The van der Waals surface area contributed by atoms with Crippen LogP contribution in [0.3, 0.4) is 0 Å². The van der Waals surface area contributed by atoms with Crippen LogP contribution in [0.2, 0.25) is 5.02 Å². The van der Waals surface area contributed by atoms with Crippen molar-refractivity contribution in [3.05, 3.63) is 57.4 Å². The van der Waals surface area contributed by atoms with Crippen LogP contribution in [0.5, 0.6) is 0 Å². The number of aldehydes is 1. The Labute approximate surface area is 138 Å². The van der Waals surface area contributed by atoms with Crippen molar-refractivity contribution in [2.45, 2.75) is 5.92 Å². The van der Waals surface area contributed by atoms with Gasteiger partial charge >= 0.3 is 0 Å². The van der Waals surface area contributed by atoms with E-state index in [9.17, 15) is 4.79 Å². The molecule has 0 saturated heterocycles. The molecule has 1 atom stereocenters. The standard InChI is InChI=1S/C15H13Cl3N2O/c1-20(2)7-11-13(9-4-3-5-10(16)6-9)12(8-21)15(18)19-14(11)17/h3-8,13H,1-2H3/b11-7-. The lowest BCUT2D eigenvalue weighted by atomic mass is 9.84. The lowest BCUT2D eigenvalue weighted by Gasteiger charge is -2.25. The molecule has 0 spiro atoms. The molecule has 0 bridgehead atoms. The van der Waals surface area contributed by atoms with Gasteiger partial charge in [-0.15, -0.1) is 0 Å². The van der Waals surface area contributed by atoms with Crippen LogP contribution in [0.25, 0.3) is 0 Å². The molecule has 0 fully saturated rings. The van der Waals surface area contributed by atoms with Gasteiger partial charge < -0.3 is 4.90 Å². The van der Waals surface area contributed by atoms with Crippen LogP contribution in [0.1, 0.15) is 11.5 Å². The molecule has 21 heavy (non-hydrogen) atoms. The maximum atomic E-state index is 11.4. The lowest BCUT2D eigenvalue weighted by molar-refractivity contribution is -0.105. The van der Waals surface area contributed by atoms with Crippen LogP contribution in [-0.2, 0) is 4.79 Å². The van der Waals surface area contributed by atoms with Gasteiger partial charge in [0.05, 0.1) is 0 Å². The number of allylic oxidation sites excluding steroid dienone is 2. The molecule has 0 amide bonds. The summed E-state index contributed by atoms with van der Waals surface area (Å²) in [4.78, 5) is 17.3. The predicted molar refractivity (Wildman–Crippen MR) is 88.2 cm³/mol. The molecule has 1 unspecified atom stereocenters. The Morgan fingerprint density at radius 1 is 1.24 bits per heavy atom. The number of nitrogens with zero attached hydrogens (tertiary/aromatic N) is 2. The lowest BCUT2D eigenvalue weighted by Crippen LogP contribution is -2.19. The van der Waals surface area contributed by atoms with E-state index in [1.165, 1.54) is 0 Å². The van der Waals surface area contributed by atoms with Crippen LogP contribution >= 0.6 is 34.8 Å². The van der Waals surface area contributed by atoms with Crippen LogP contribution in [0.4, 0.5) is 0 Å². The topological polar surface area (TPSA) is 32.7 Å². The van der Waals surface area contributed by atoms with E-state index in [0.717, 1.165) is 5.56 Å². The van der Waals surface area contributed by atoms with Crippen LogP contribution < -0.4 is 0 Å². The van der Waals surface area contributed by atoms with Gasteiger partial charge in [-0.25, -0.2) is 4.99 Å². The van der Waals surface area contributed by atoms with Gasteiger partial charge in [-0.2, -0.15) is 0 Å². The van der Waals surface area contributed by atoms with Gasteiger partial charge in [0.1, 0.15) is 16.6 Å².